The summed E-state index contributed by atoms with van der Waals surface area (Å²) >= 11 is 0. The SMILES string of the molecule is CCC(CNCC(C)C)OC1CC2CCC1(C)C2(C)C. The van der Waals surface area contributed by atoms with Crippen molar-refractivity contribution in [2.45, 2.75) is 79.4 Å². The molecule has 2 saturated carbocycles. The number of nitrogens with one attached hydrogen (secondary N) is 1. The van der Waals surface area contributed by atoms with E-state index in [9.17, 15) is 0 Å². The molecule has 20 heavy (non-hydrogen) atoms. The Labute approximate surface area is 126 Å². The van der Waals surface area contributed by atoms with Crippen LogP contribution in [-0.4, -0.2) is 25.3 Å². The lowest BCUT2D eigenvalue weighted by Gasteiger charge is -2.40. The highest BCUT2D eigenvalue weighted by molar-refractivity contribution is 5.11. The van der Waals surface area contributed by atoms with Crippen LogP contribution in [0, 0.1) is 22.7 Å². The zero-order valence-electron chi connectivity index (χ0n) is 14.5. The van der Waals surface area contributed by atoms with Crippen LogP contribution in [0.5, 0.6) is 0 Å². The standard InChI is InChI=1S/C18H35NO/c1-7-15(12-19-11-13(2)3)20-16-10-14-8-9-18(16,6)17(14,4)5/h13-16,19H,7-12H2,1-6H3. The molecule has 4 unspecified atom stereocenters. The Morgan fingerprint density at radius 1 is 1.20 bits per heavy atom. The van der Waals surface area contributed by atoms with Crippen molar-refractivity contribution in [3.05, 3.63) is 0 Å². The number of hydrogen-bond acceptors (Lipinski definition) is 2. The lowest BCUT2D eigenvalue weighted by molar-refractivity contribution is -0.0862. The zero-order chi connectivity index (χ0) is 15.0. The summed E-state index contributed by atoms with van der Waals surface area (Å²) in [6, 6.07) is 0. The van der Waals surface area contributed by atoms with E-state index >= 15 is 0 Å². The van der Waals surface area contributed by atoms with Gasteiger partial charge in [0.2, 0.25) is 0 Å². The highest BCUT2D eigenvalue weighted by atomic mass is 16.5. The van der Waals surface area contributed by atoms with Gasteiger partial charge in [-0.2, -0.15) is 0 Å². The van der Waals surface area contributed by atoms with Gasteiger partial charge in [-0.05, 0) is 54.9 Å². The number of hydrogen-bond donors (Lipinski definition) is 1. The largest absolute Gasteiger partial charge is 0.373 e. The maximum atomic E-state index is 6.55. The van der Waals surface area contributed by atoms with Gasteiger partial charge in [-0.15, -0.1) is 0 Å². The predicted octanol–water partition coefficient (Wildman–Crippen LogP) is 4.24. The average Bonchev–Trinajstić information content (AvgIpc) is 2.70. The molecule has 0 aliphatic heterocycles. The van der Waals surface area contributed by atoms with Gasteiger partial charge in [0, 0.05) is 6.54 Å². The minimum atomic E-state index is 0.380. The molecular formula is C18H35NO. The van der Waals surface area contributed by atoms with Crippen molar-refractivity contribution in [3.63, 3.8) is 0 Å². The minimum Gasteiger partial charge on any atom is -0.373 e. The van der Waals surface area contributed by atoms with E-state index in [1.54, 1.807) is 0 Å². The fraction of sp³-hybridized carbons (Fsp3) is 1.00. The Kier molecular flexibility index (Phi) is 4.86. The van der Waals surface area contributed by atoms with Gasteiger partial charge in [0.15, 0.2) is 0 Å². The summed E-state index contributed by atoms with van der Waals surface area (Å²) in [5, 5.41) is 3.56. The fourth-order valence-corrected chi connectivity index (χ4v) is 4.39. The molecule has 2 bridgehead atoms. The van der Waals surface area contributed by atoms with Gasteiger partial charge in [-0.25, -0.2) is 0 Å². The Morgan fingerprint density at radius 3 is 2.35 bits per heavy atom. The van der Waals surface area contributed by atoms with Crippen LogP contribution in [0.4, 0.5) is 0 Å². The first-order chi connectivity index (χ1) is 9.31. The van der Waals surface area contributed by atoms with Gasteiger partial charge < -0.3 is 10.1 Å². The van der Waals surface area contributed by atoms with E-state index in [-0.39, 0.29) is 0 Å². The third-order valence-corrected chi connectivity index (χ3v) is 6.45. The minimum absolute atomic E-state index is 0.380. The summed E-state index contributed by atoms with van der Waals surface area (Å²) in [6.45, 7) is 16.3. The second-order valence-corrected chi connectivity index (χ2v) is 8.32. The normalized spacial score (nSPS) is 36.8. The highest BCUT2D eigenvalue weighted by Gasteiger charge is 2.62. The predicted molar refractivity (Wildman–Crippen MR) is 85.9 cm³/mol. The van der Waals surface area contributed by atoms with Crippen molar-refractivity contribution >= 4 is 0 Å². The summed E-state index contributed by atoms with van der Waals surface area (Å²) in [5.41, 5.74) is 0.852. The lowest BCUT2D eigenvalue weighted by atomic mass is 9.70. The summed E-state index contributed by atoms with van der Waals surface area (Å²) in [5.74, 6) is 1.59. The summed E-state index contributed by atoms with van der Waals surface area (Å²) in [4.78, 5) is 0. The van der Waals surface area contributed by atoms with Gasteiger partial charge in [0.25, 0.3) is 0 Å². The molecule has 0 amide bonds. The second-order valence-electron chi connectivity index (χ2n) is 8.32. The van der Waals surface area contributed by atoms with Crippen LogP contribution in [-0.2, 0) is 4.74 Å². The maximum Gasteiger partial charge on any atom is 0.0700 e. The second kappa shape index (κ2) is 5.96. The molecule has 0 saturated heterocycles. The van der Waals surface area contributed by atoms with E-state index in [4.69, 9.17) is 4.74 Å². The van der Waals surface area contributed by atoms with E-state index in [1.807, 2.05) is 0 Å². The number of fused-ring (bicyclic) bond motifs is 2. The molecule has 0 aromatic rings. The smallest absolute Gasteiger partial charge is 0.0700 e. The van der Waals surface area contributed by atoms with Crippen molar-refractivity contribution in [1.82, 2.24) is 5.32 Å². The van der Waals surface area contributed by atoms with Crippen LogP contribution < -0.4 is 5.32 Å². The van der Waals surface area contributed by atoms with Crippen molar-refractivity contribution in [1.29, 1.82) is 0 Å². The van der Waals surface area contributed by atoms with E-state index in [0.29, 0.717) is 29.0 Å². The van der Waals surface area contributed by atoms with Crippen molar-refractivity contribution in [3.8, 4) is 0 Å². The van der Waals surface area contributed by atoms with E-state index in [1.165, 1.54) is 19.3 Å². The molecule has 2 aliphatic rings. The first-order valence-electron chi connectivity index (χ1n) is 8.67. The first-order valence-corrected chi connectivity index (χ1v) is 8.67. The van der Waals surface area contributed by atoms with E-state index in [0.717, 1.165) is 25.4 Å². The van der Waals surface area contributed by atoms with Crippen LogP contribution in [0.3, 0.4) is 0 Å². The van der Waals surface area contributed by atoms with Gasteiger partial charge in [0.05, 0.1) is 12.2 Å². The summed E-state index contributed by atoms with van der Waals surface area (Å²) in [6.07, 6.45) is 6.01. The molecule has 2 heteroatoms. The molecule has 2 nitrogen and oxygen atoms in total. The molecule has 0 spiro atoms. The highest BCUT2D eigenvalue weighted by Crippen LogP contribution is 2.66. The van der Waals surface area contributed by atoms with Crippen LogP contribution in [0.2, 0.25) is 0 Å². The summed E-state index contributed by atoms with van der Waals surface area (Å²) < 4.78 is 6.55. The van der Waals surface area contributed by atoms with Crippen molar-refractivity contribution < 1.29 is 4.74 Å². The maximum absolute atomic E-state index is 6.55. The molecular weight excluding hydrogens is 246 g/mol. The zero-order valence-corrected chi connectivity index (χ0v) is 14.5. The Morgan fingerprint density at radius 2 is 1.90 bits per heavy atom. The Hall–Kier alpha value is -0.0800. The van der Waals surface area contributed by atoms with Gasteiger partial charge in [-0.1, -0.05) is 41.5 Å². The van der Waals surface area contributed by atoms with E-state index < -0.39 is 0 Å². The molecule has 4 atom stereocenters. The molecule has 0 aromatic heterocycles. The number of rotatable bonds is 7. The van der Waals surface area contributed by atoms with Crippen LogP contribution >= 0.6 is 0 Å². The quantitative estimate of drug-likeness (QED) is 0.753. The van der Waals surface area contributed by atoms with E-state index in [2.05, 4.69) is 46.9 Å². The topological polar surface area (TPSA) is 21.3 Å². The number of ether oxygens (including phenoxy) is 1. The van der Waals surface area contributed by atoms with Crippen LogP contribution in [0.15, 0.2) is 0 Å². The average molecular weight is 281 g/mol. The molecule has 118 valence electrons. The summed E-state index contributed by atoms with van der Waals surface area (Å²) in [7, 11) is 0. The van der Waals surface area contributed by atoms with Gasteiger partial charge in [0.1, 0.15) is 0 Å². The third-order valence-electron chi connectivity index (χ3n) is 6.45. The van der Waals surface area contributed by atoms with Gasteiger partial charge >= 0.3 is 0 Å². The molecule has 0 aromatic carbocycles. The van der Waals surface area contributed by atoms with Crippen molar-refractivity contribution in [2.24, 2.45) is 22.7 Å². The third kappa shape index (κ3) is 2.78. The molecule has 2 fully saturated rings. The molecule has 0 heterocycles. The lowest BCUT2D eigenvalue weighted by Crippen LogP contribution is -2.41. The van der Waals surface area contributed by atoms with Crippen LogP contribution in [0.25, 0.3) is 0 Å². The Balaban J connectivity index is 1.89. The molecule has 2 rings (SSSR count). The van der Waals surface area contributed by atoms with Gasteiger partial charge in [-0.3, -0.25) is 0 Å². The van der Waals surface area contributed by atoms with Crippen LogP contribution in [0.1, 0.15) is 67.2 Å². The van der Waals surface area contributed by atoms with Crippen molar-refractivity contribution in [2.75, 3.05) is 13.1 Å². The molecule has 2 aliphatic carbocycles. The Bertz CT molecular complexity index is 325. The first kappa shape index (κ1) is 16.3. The molecule has 0 radical (unpaired) electrons. The fourth-order valence-electron chi connectivity index (χ4n) is 4.39. The monoisotopic (exact) mass is 281 g/mol. The molecule has 1 N–H and O–H groups in total.